The molecule has 15 heavy (non-hydrogen) atoms. The van der Waals surface area contributed by atoms with Crippen molar-refractivity contribution in [1.29, 1.82) is 0 Å². The second-order valence-corrected chi connectivity index (χ2v) is 3.18. The third-order valence-electron chi connectivity index (χ3n) is 2.30. The summed E-state index contributed by atoms with van der Waals surface area (Å²) in [5.74, 6) is 0. The van der Waals surface area contributed by atoms with E-state index in [-0.39, 0.29) is 0 Å². The third kappa shape index (κ3) is 1.66. The van der Waals surface area contributed by atoms with Crippen LogP contribution in [0.15, 0.2) is 24.5 Å². The molecule has 0 spiro atoms. The molecule has 0 aliphatic rings. The number of carbonyl (C=O) groups excluding carboxylic acids is 1. The molecule has 76 valence electrons. The van der Waals surface area contributed by atoms with Gasteiger partial charge in [0, 0.05) is 6.20 Å². The molecule has 0 aliphatic carbocycles. The van der Waals surface area contributed by atoms with Gasteiger partial charge in [0.15, 0.2) is 6.29 Å². The van der Waals surface area contributed by atoms with Crippen molar-refractivity contribution < 1.29 is 4.79 Å². The lowest BCUT2D eigenvalue weighted by molar-refractivity contribution is 0.112. The van der Waals surface area contributed by atoms with Crippen LogP contribution in [0.1, 0.15) is 22.8 Å². The van der Waals surface area contributed by atoms with E-state index in [1.165, 1.54) is 6.20 Å². The van der Waals surface area contributed by atoms with Crippen LogP contribution in [0.4, 0.5) is 0 Å². The number of pyridine rings is 1. The molecular formula is C11H11N3O. The summed E-state index contributed by atoms with van der Waals surface area (Å²) >= 11 is 0. The van der Waals surface area contributed by atoms with Gasteiger partial charge in [-0.1, -0.05) is 13.0 Å². The van der Waals surface area contributed by atoms with Crippen LogP contribution < -0.4 is 0 Å². The first-order chi connectivity index (χ1) is 7.36. The maximum atomic E-state index is 10.8. The number of hydrogen-bond donors (Lipinski definition) is 1. The SMILES string of the molecule is CCc1cccnc1-c1[nH]ncc1C=O. The quantitative estimate of drug-likeness (QED) is 0.771. The highest BCUT2D eigenvalue weighted by molar-refractivity contribution is 5.84. The lowest BCUT2D eigenvalue weighted by atomic mass is 10.1. The van der Waals surface area contributed by atoms with E-state index in [4.69, 9.17) is 0 Å². The highest BCUT2D eigenvalue weighted by Crippen LogP contribution is 2.21. The van der Waals surface area contributed by atoms with E-state index in [1.807, 2.05) is 12.1 Å². The van der Waals surface area contributed by atoms with E-state index >= 15 is 0 Å². The van der Waals surface area contributed by atoms with Crippen LogP contribution in [0, 0.1) is 0 Å². The fourth-order valence-corrected chi connectivity index (χ4v) is 1.52. The Bertz CT molecular complexity index is 476. The number of H-pyrrole nitrogens is 1. The minimum absolute atomic E-state index is 0.545. The van der Waals surface area contributed by atoms with E-state index in [0.29, 0.717) is 11.3 Å². The van der Waals surface area contributed by atoms with Crippen LogP contribution in [-0.2, 0) is 6.42 Å². The predicted molar refractivity (Wildman–Crippen MR) is 56.6 cm³/mol. The van der Waals surface area contributed by atoms with Crippen molar-refractivity contribution in [2.75, 3.05) is 0 Å². The number of aryl methyl sites for hydroxylation is 1. The molecule has 2 aromatic heterocycles. The first-order valence-corrected chi connectivity index (χ1v) is 4.79. The summed E-state index contributed by atoms with van der Waals surface area (Å²) in [5.41, 5.74) is 3.15. The summed E-state index contributed by atoms with van der Waals surface area (Å²) in [4.78, 5) is 15.0. The normalized spacial score (nSPS) is 10.2. The zero-order valence-electron chi connectivity index (χ0n) is 8.40. The topological polar surface area (TPSA) is 58.6 Å². The number of hydrogen-bond acceptors (Lipinski definition) is 3. The number of carbonyl (C=O) groups is 1. The Labute approximate surface area is 87.4 Å². The van der Waals surface area contributed by atoms with Gasteiger partial charge in [0.2, 0.25) is 0 Å². The smallest absolute Gasteiger partial charge is 0.153 e. The molecule has 2 aromatic rings. The van der Waals surface area contributed by atoms with E-state index in [2.05, 4.69) is 22.1 Å². The summed E-state index contributed by atoms with van der Waals surface area (Å²) in [6.07, 6.45) is 4.88. The molecule has 0 amide bonds. The van der Waals surface area contributed by atoms with Crippen LogP contribution in [0.3, 0.4) is 0 Å². The average Bonchev–Trinajstić information content (AvgIpc) is 2.76. The molecule has 4 heteroatoms. The Balaban J connectivity index is 2.58. The molecule has 0 saturated carbocycles. The average molecular weight is 201 g/mol. The number of aromatic amines is 1. The van der Waals surface area contributed by atoms with E-state index in [1.54, 1.807) is 6.20 Å². The van der Waals surface area contributed by atoms with Gasteiger partial charge >= 0.3 is 0 Å². The number of nitrogens with one attached hydrogen (secondary N) is 1. The number of aromatic nitrogens is 3. The Hall–Kier alpha value is -1.97. The van der Waals surface area contributed by atoms with Crippen LogP contribution in [-0.4, -0.2) is 21.5 Å². The van der Waals surface area contributed by atoms with Crippen molar-refractivity contribution in [2.45, 2.75) is 13.3 Å². The van der Waals surface area contributed by atoms with Gasteiger partial charge in [-0.3, -0.25) is 14.9 Å². The molecule has 0 aliphatic heterocycles. The van der Waals surface area contributed by atoms with Crippen molar-refractivity contribution in [3.05, 3.63) is 35.7 Å². The van der Waals surface area contributed by atoms with Gasteiger partial charge in [-0.2, -0.15) is 5.10 Å². The van der Waals surface area contributed by atoms with Gasteiger partial charge < -0.3 is 0 Å². The second-order valence-electron chi connectivity index (χ2n) is 3.18. The Kier molecular flexibility index (Phi) is 2.58. The fourth-order valence-electron chi connectivity index (χ4n) is 1.52. The molecule has 0 bridgehead atoms. The zero-order chi connectivity index (χ0) is 10.7. The van der Waals surface area contributed by atoms with Gasteiger partial charge in [0.1, 0.15) is 0 Å². The molecule has 0 aromatic carbocycles. The maximum absolute atomic E-state index is 10.8. The molecule has 0 saturated heterocycles. The van der Waals surface area contributed by atoms with Crippen molar-refractivity contribution in [3.63, 3.8) is 0 Å². The summed E-state index contributed by atoms with van der Waals surface area (Å²) in [6.45, 7) is 2.05. The maximum Gasteiger partial charge on any atom is 0.153 e. The number of aldehydes is 1. The molecule has 0 atom stereocenters. The second kappa shape index (κ2) is 4.04. The lowest BCUT2D eigenvalue weighted by Gasteiger charge is -2.04. The standard InChI is InChI=1S/C11H11N3O/c1-2-8-4-3-5-12-10(8)11-9(7-15)6-13-14-11/h3-7H,2H2,1H3,(H,13,14). The minimum atomic E-state index is 0.545. The van der Waals surface area contributed by atoms with Crippen LogP contribution in [0.25, 0.3) is 11.4 Å². The van der Waals surface area contributed by atoms with Gasteiger partial charge in [0.25, 0.3) is 0 Å². The van der Waals surface area contributed by atoms with E-state index in [9.17, 15) is 4.79 Å². The first-order valence-electron chi connectivity index (χ1n) is 4.79. The molecule has 0 unspecified atom stereocenters. The summed E-state index contributed by atoms with van der Waals surface area (Å²) in [6, 6.07) is 3.89. The van der Waals surface area contributed by atoms with Crippen LogP contribution in [0.2, 0.25) is 0 Å². The molecule has 0 fully saturated rings. The van der Waals surface area contributed by atoms with Gasteiger partial charge in [0.05, 0.1) is 23.1 Å². The van der Waals surface area contributed by atoms with E-state index in [0.717, 1.165) is 24.0 Å². The third-order valence-corrected chi connectivity index (χ3v) is 2.30. The number of nitrogens with zero attached hydrogens (tertiary/aromatic N) is 2. The molecule has 1 N–H and O–H groups in total. The summed E-state index contributed by atoms with van der Waals surface area (Å²) in [7, 11) is 0. The molecule has 4 nitrogen and oxygen atoms in total. The van der Waals surface area contributed by atoms with Gasteiger partial charge in [-0.25, -0.2) is 0 Å². The zero-order valence-corrected chi connectivity index (χ0v) is 8.40. The monoisotopic (exact) mass is 201 g/mol. The van der Waals surface area contributed by atoms with E-state index < -0.39 is 0 Å². The molecule has 2 rings (SSSR count). The van der Waals surface area contributed by atoms with Crippen LogP contribution in [0.5, 0.6) is 0 Å². The fraction of sp³-hybridized carbons (Fsp3) is 0.182. The number of rotatable bonds is 3. The van der Waals surface area contributed by atoms with Crippen molar-refractivity contribution >= 4 is 6.29 Å². The lowest BCUT2D eigenvalue weighted by Crippen LogP contribution is -1.93. The molecular weight excluding hydrogens is 190 g/mol. The van der Waals surface area contributed by atoms with Crippen molar-refractivity contribution in [3.8, 4) is 11.4 Å². The summed E-state index contributed by atoms with van der Waals surface area (Å²) in [5, 5.41) is 6.65. The first kappa shape index (κ1) is 9.58. The Morgan fingerprint density at radius 1 is 1.53 bits per heavy atom. The summed E-state index contributed by atoms with van der Waals surface area (Å²) < 4.78 is 0. The molecule has 0 radical (unpaired) electrons. The predicted octanol–water partition coefficient (Wildman–Crippen LogP) is 1.85. The minimum Gasteiger partial charge on any atom is -0.298 e. The van der Waals surface area contributed by atoms with Crippen molar-refractivity contribution in [2.24, 2.45) is 0 Å². The van der Waals surface area contributed by atoms with Gasteiger partial charge in [-0.15, -0.1) is 0 Å². The van der Waals surface area contributed by atoms with Crippen LogP contribution >= 0.6 is 0 Å². The highest BCUT2D eigenvalue weighted by Gasteiger charge is 2.10. The van der Waals surface area contributed by atoms with Crippen molar-refractivity contribution in [1.82, 2.24) is 15.2 Å². The Morgan fingerprint density at radius 3 is 3.13 bits per heavy atom. The van der Waals surface area contributed by atoms with Gasteiger partial charge in [-0.05, 0) is 18.1 Å². The Morgan fingerprint density at radius 2 is 2.40 bits per heavy atom. The molecule has 2 heterocycles. The largest absolute Gasteiger partial charge is 0.298 e. The highest BCUT2D eigenvalue weighted by atomic mass is 16.1.